The number of nitrogens with two attached hydrogens (primary N) is 1. The van der Waals surface area contributed by atoms with Gasteiger partial charge in [0.25, 0.3) is 10.1 Å². The summed E-state index contributed by atoms with van der Waals surface area (Å²) in [7, 11) is -4.23. The maximum atomic E-state index is 12.6. The van der Waals surface area contributed by atoms with Crippen LogP contribution in [-0.2, 0) is 10.1 Å². The van der Waals surface area contributed by atoms with E-state index in [-0.39, 0.29) is 12.8 Å². The molecule has 3 N–H and O–H groups in total. The predicted molar refractivity (Wildman–Crippen MR) is 60.4 cm³/mol. The summed E-state index contributed by atoms with van der Waals surface area (Å²) >= 11 is 0. The van der Waals surface area contributed by atoms with Crippen molar-refractivity contribution < 1.29 is 21.8 Å². The number of alkyl halides is 2. The second-order valence-corrected chi connectivity index (χ2v) is 4.55. The van der Waals surface area contributed by atoms with Crippen LogP contribution in [0.1, 0.15) is 19.3 Å². The van der Waals surface area contributed by atoms with Crippen LogP contribution < -0.4 is 5.73 Å². The molecule has 0 aliphatic carbocycles. The zero-order valence-corrected chi connectivity index (χ0v) is 9.93. The summed E-state index contributed by atoms with van der Waals surface area (Å²) in [4.78, 5) is 0. The highest BCUT2D eigenvalue weighted by molar-refractivity contribution is 7.85. The molecule has 0 saturated carbocycles. The summed E-state index contributed by atoms with van der Waals surface area (Å²) in [5.74, 6) is -0.890. The largest absolute Gasteiger partial charge is 0.327 e. The van der Waals surface area contributed by atoms with E-state index in [0.29, 0.717) is 13.0 Å². The molecular formula is C9H19F2NO3S. The first-order valence-electron chi connectivity index (χ1n) is 4.83. The number of halogens is 2. The lowest BCUT2D eigenvalue weighted by Crippen LogP contribution is -2.16. The van der Waals surface area contributed by atoms with Crippen molar-refractivity contribution in [3.63, 3.8) is 0 Å². The van der Waals surface area contributed by atoms with Crippen molar-refractivity contribution >= 4 is 10.1 Å². The molecule has 0 aromatic rings. The van der Waals surface area contributed by atoms with Gasteiger partial charge in [-0.2, -0.15) is 8.42 Å². The van der Waals surface area contributed by atoms with Gasteiger partial charge in [0.15, 0.2) is 0 Å². The van der Waals surface area contributed by atoms with Crippen LogP contribution in [0, 0.1) is 0 Å². The highest BCUT2D eigenvalue weighted by atomic mass is 32.2. The van der Waals surface area contributed by atoms with E-state index in [2.05, 4.69) is 6.58 Å². The average molecular weight is 259 g/mol. The van der Waals surface area contributed by atoms with Crippen molar-refractivity contribution in [1.29, 1.82) is 0 Å². The van der Waals surface area contributed by atoms with Gasteiger partial charge in [-0.1, -0.05) is 6.08 Å². The van der Waals surface area contributed by atoms with Crippen molar-refractivity contribution in [1.82, 2.24) is 0 Å². The van der Waals surface area contributed by atoms with Gasteiger partial charge in [-0.25, -0.2) is 4.39 Å². The molecule has 0 fully saturated rings. The van der Waals surface area contributed by atoms with Crippen LogP contribution in [0.3, 0.4) is 0 Å². The van der Waals surface area contributed by atoms with E-state index in [1.165, 1.54) is 0 Å². The molecule has 0 spiro atoms. The van der Waals surface area contributed by atoms with E-state index in [1.54, 1.807) is 6.08 Å². The van der Waals surface area contributed by atoms with Crippen LogP contribution in [-0.4, -0.2) is 38.1 Å². The second-order valence-electron chi connectivity index (χ2n) is 3.06. The number of unbranched alkanes of at least 4 members (excludes halogenated alkanes) is 1. The maximum absolute atomic E-state index is 12.6. The number of hydrogen-bond donors (Lipinski definition) is 2. The van der Waals surface area contributed by atoms with Crippen LogP contribution >= 0.6 is 0 Å². The lowest BCUT2D eigenvalue weighted by Gasteiger charge is -2.03. The summed E-state index contributed by atoms with van der Waals surface area (Å²) < 4.78 is 52.5. The van der Waals surface area contributed by atoms with Gasteiger partial charge >= 0.3 is 0 Å². The third-order valence-electron chi connectivity index (χ3n) is 1.46. The quantitative estimate of drug-likeness (QED) is 0.412. The Kier molecular flexibility index (Phi) is 12.2. The van der Waals surface area contributed by atoms with Crippen molar-refractivity contribution in [2.75, 3.05) is 19.0 Å². The molecular weight excluding hydrogens is 240 g/mol. The van der Waals surface area contributed by atoms with Gasteiger partial charge in [0, 0.05) is 6.54 Å². The van der Waals surface area contributed by atoms with Crippen molar-refractivity contribution in [2.24, 2.45) is 5.73 Å². The molecule has 0 aliphatic heterocycles. The summed E-state index contributed by atoms with van der Waals surface area (Å²) in [6, 6.07) is 0. The molecule has 16 heavy (non-hydrogen) atoms. The Hall–Kier alpha value is -0.530. The van der Waals surface area contributed by atoms with Crippen LogP contribution in [0.2, 0.25) is 0 Å². The predicted octanol–water partition coefficient (Wildman–Crippen LogP) is 1.48. The molecule has 0 aromatic carbocycles. The van der Waals surface area contributed by atoms with Gasteiger partial charge in [0.05, 0.1) is 6.67 Å². The fraction of sp³-hybridized carbons (Fsp3) is 0.778. The highest BCUT2D eigenvalue weighted by Crippen LogP contribution is 2.06. The Morgan fingerprint density at radius 2 is 1.94 bits per heavy atom. The minimum absolute atomic E-state index is 0.0241. The smallest absolute Gasteiger partial charge is 0.267 e. The molecule has 0 saturated heterocycles. The maximum Gasteiger partial charge on any atom is 0.267 e. The summed E-state index contributed by atoms with van der Waals surface area (Å²) in [5.41, 5.74) is 4.91. The van der Waals surface area contributed by atoms with Crippen LogP contribution in [0.4, 0.5) is 8.78 Å². The number of hydrogen-bond acceptors (Lipinski definition) is 3. The molecule has 0 aliphatic rings. The number of rotatable bonds is 7. The first-order chi connectivity index (χ1) is 7.37. The molecule has 98 valence electrons. The van der Waals surface area contributed by atoms with Crippen molar-refractivity contribution in [3.05, 3.63) is 12.7 Å². The van der Waals surface area contributed by atoms with E-state index in [0.717, 1.165) is 0 Å². The summed E-state index contributed by atoms with van der Waals surface area (Å²) in [6.45, 7) is 3.41. The normalized spacial score (nSPS) is 12.5. The Morgan fingerprint density at radius 1 is 1.44 bits per heavy atom. The molecule has 7 heteroatoms. The Balaban J connectivity index is 0. The van der Waals surface area contributed by atoms with E-state index >= 15 is 0 Å². The Labute approximate surface area is 95.3 Å². The van der Waals surface area contributed by atoms with Crippen molar-refractivity contribution in [2.45, 2.75) is 25.4 Å². The average Bonchev–Trinajstić information content (AvgIpc) is 2.16. The molecule has 1 unspecified atom stereocenters. The summed E-state index contributed by atoms with van der Waals surface area (Å²) in [5, 5.41) is 0. The molecule has 0 aromatic heterocycles. The van der Waals surface area contributed by atoms with E-state index in [1.807, 2.05) is 0 Å². The Morgan fingerprint density at radius 3 is 2.25 bits per heavy atom. The molecule has 0 heterocycles. The molecule has 1 atom stereocenters. The van der Waals surface area contributed by atoms with Gasteiger partial charge in [0.1, 0.15) is 11.9 Å². The molecule has 0 rings (SSSR count). The topological polar surface area (TPSA) is 80.4 Å². The fourth-order valence-corrected chi connectivity index (χ4v) is 1.40. The standard InChI is InChI=1S/C6H12F2O3S.C3H7N/c7-4-2-1-3-6(8)5-12(9,10)11;1-2-3-4/h6H,1-5H2,(H,9,10,11);2H,1,3-4H2. The van der Waals surface area contributed by atoms with Crippen molar-refractivity contribution in [3.8, 4) is 0 Å². The highest BCUT2D eigenvalue weighted by Gasteiger charge is 2.14. The first-order valence-corrected chi connectivity index (χ1v) is 6.44. The van der Waals surface area contributed by atoms with Gasteiger partial charge < -0.3 is 5.73 Å². The van der Waals surface area contributed by atoms with E-state index < -0.39 is 28.7 Å². The zero-order valence-electron chi connectivity index (χ0n) is 9.11. The zero-order chi connectivity index (χ0) is 13.0. The first kappa shape index (κ1) is 17.9. The minimum atomic E-state index is -4.23. The molecule has 4 nitrogen and oxygen atoms in total. The fourth-order valence-electron chi connectivity index (χ4n) is 0.772. The van der Waals surface area contributed by atoms with E-state index in [4.69, 9.17) is 10.3 Å². The van der Waals surface area contributed by atoms with Crippen LogP contribution in [0.5, 0.6) is 0 Å². The van der Waals surface area contributed by atoms with Gasteiger partial charge in [0.2, 0.25) is 0 Å². The Bertz CT molecular complexity index is 257. The van der Waals surface area contributed by atoms with E-state index in [9.17, 15) is 17.2 Å². The van der Waals surface area contributed by atoms with Crippen LogP contribution in [0.25, 0.3) is 0 Å². The van der Waals surface area contributed by atoms with Crippen LogP contribution in [0.15, 0.2) is 12.7 Å². The molecule has 0 amide bonds. The summed E-state index contributed by atoms with van der Waals surface area (Å²) in [6.07, 6.45) is 0.564. The lowest BCUT2D eigenvalue weighted by atomic mass is 10.2. The van der Waals surface area contributed by atoms with Gasteiger partial charge in [-0.15, -0.1) is 6.58 Å². The molecule has 0 radical (unpaired) electrons. The monoisotopic (exact) mass is 259 g/mol. The second kappa shape index (κ2) is 11.0. The third kappa shape index (κ3) is 19.1. The van der Waals surface area contributed by atoms with Gasteiger partial charge in [-0.3, -0.25) is 8.94 Å². The lowest BCUT2D eigenvalue weighted by molar-refractivity contribution is 0.319. The van der Waals surface area contributed by atoms with Gasteiger partial charge in [-0.05, 0) is 19.3 Å². The SMILES string of the molecule is C=CCN.O=S(=O)(O)CC(F)CCCCF. The molecule has 0 bridgehead atoms. The third-order valence-corrected chi connectivity index (χ3v) is 2.24. The minimum Gasteiger partial charge on any atom is -0.327 e.